The third-order valence-corrected chi connectivity index (χ3v) is 3.44. The van der Waals surface area contributed by atoms with Crippen LogP contribution in [0, 0.1) is 0 Å². The van der Waals surface area contributed by atoms with E-state index >= 15 is 0 Å². The fourth-order valence-corrected chi connectivity index (χ4v) is 2.11. The van der Waals surface area contributed by atoms with Crippen molar-refractivity contribution in [2.45, 2.75) is 33.3 Å². The number of carbonyl (C=O) groups is 2. The Labute approximate surface area is 152 Å². The number of hydrogen-bond donors (Lipinski definition) is 2. The van der Waals surface area contributed by atoms with Gasteiger partial charge in [0, 0.05) is 24.7 Å². The van der Waals surface area contributed by atoms with Crippen molar-refractivity contribution in [3.05, 3.63) is 28.2 Å². The van der Waals surface area contributed by atoms with Gasteiger partial charge in [-0.1, -0.05) is 23.2 Å². The zero-order valence-corrected chi connectivity index (χ0v) is 15.8. The highest BCUT2D eigenvalue weighted by Gasteiger charge is 2.20. The molecule has 0 radical (unpaired) electrons. The Kier molecular flexibility index (Phi) is 7.63. The van der Waals surface area contributed by atoms with Crippen LogP contribution >= 0.6 is 23.2 Å². The van der Waals surface area contributed by atoms with Crippen LogP contribution in [0.2, 0.25) is 10.0 Å². The molecule has 0 saturated heterocycles. The lowest BCUT2D eigenvalue weighted by molar-refractivity contribution is 0.0263. The zero-order chi connectivity index (χ0) is 18.3. The van der Waals surface area contributed by atoms with Crippen molar-refractivity contribution in [3.8, 4) is 0 Å². The number of halogens is 2. The highest BCUT2D eigenvalue weighted by molar-refractivity contribution is 6.35. The van der Waals surface area contributed by atoms with Crippen LogP contribution in [0.1, 0.15) is 27.7 Å². The molecule has 0 aliphatic rings. The SMILES string of the molecule is CCN(CCNC(=O)Nc1cc(Cl)ccc1Cl)C(=O)OC(C)(C)C. The summed E-state index contributed by atoms with van der Waals surface area (Å²) in [6.45, 7) is 8.35. The van der Waals surface area contributed by atoms with Crippen molar-refractivity contribution >= 4 is 41.0 Å². The summed E-state index contributed by atoms with van der Waals surface area (Å²) in [6.07, 6.45) is -0.412. The van der Waals surface area contributed by atoms with Gasteiger partial charge in [-0.05, 0) is 45.9 Å². The minimum Gasteiger partial charge on any atom is -0.444 e. The minimum absolute atomic E-state index is 0.275. The number of nitrogens with one attached hydrogen (secondary N) is 2. The number of urea groups is 1. The van der Waals surface area contributed by atoms with Crippen LogP contribution in [0.4, 0.5) is 15.3 Å². The molecule has 0 saturated carbocycles. The monoisotopic (exact) mass is 375 g/mol. The topological polar surface area (TPSA) is 70.7 Å². The number of amides is 3. The molecule has 0 spiro atoms. The molecule has 6 nitrogen and oxygen atoms in total. The third-order valence-electron chi connectivity index (χ3n) is 2.88. The second kappa shape index (κ2) is 8.99. The molecule has 3 amide bonds. The molecular weight excluding hydrogens is 353 g/mol. The molecule has 134 valence electrons. The summed E-state index contributed by atoms with van der Waals surface area (Å²) in [6, 6.07) is 4.36. The van der Waals surface area contributed by atoms with E-state index in [9.17, 15) is 9.59 Å². The van der Waals surface area contributed by atoms with Gasteiger partial charge in [-0.3, -0.25) is 0 Å². The normalized spacial score (nSPS) is 10.9. The Morgan fingerprint density at radius 1 is 1.25 bits per heavy atom. The number of benzene rings is 1. The second-order valence-corrected chi connectivity index (χ2v) is 6.91. The van der Waals surface area contributed by atoms with Crippen LogP contribution in [0.15, 0.2) is 18.2 Å². The molecule has 0 bridgehead atoms. The summed E-state index contributed by atoms with van der Waals surface area (Å²) >= 11 is 11.8. The van der Waals surface area contributed by atoms with Gasteiger partial charge in [0.25, 0.3) is 0 Å². The summed E-state index contributed by atoms with van der Waals surface area (Å²) in [4.78, 5) is 25.4. The molecule has 1 rings (SSSR count). The molecule has 1 aromatic carbocycles. The van der Waals surface area contributed by atoms with Crippen molar-refractivity contribution < 1.29 is 14.3 Å². The molecular formula is C16H23Cl2N3O3. The number of anilines is 1. The molecule has 1 aromatic rings. The van der Waals surface area contributed by atoms with Gasteiger partial charge in [0.1, 0.15) is 5.60 Å². The number of likely N-dealkylation sites (N-methyl/N-ethyl adjacent to an activating group) is 1. The Hall–Kier alpha value is -1.66. The fraction of sp³-hybridized carbons (Fsp3) is 0.500. The first kappa shape index (κ1) is 20.4. The summed E-state index contributed by atoms with van der Waals surface area (Å²) in [5.74, 6) is 0. The Bertz CT molecular complexity index is 588. The van der Waals surface area contributed by atoms with Gasteiger partial charge in [-0.2, -0.15) is 0 Å². The number of carbonyl (C=O) groups excluding carboxylic acids is 2. The summed E-state index contributed by atoms with van der Waals surface area (Å²) in [5.41, 5.74) is -0.139. The van der Waals surface area contributed by atoms with E-state index in [0.717, 1.165) is 0 Å². The average molecular weight is 376 g/mol. The summed E-state index contributed by atoms with van der Waals surface area (Å²) in [5, 5.41) is 6.12. The maximum absolute atomic E-state index is 12.0. The van der Waals surface area contributed by atoms with Crippen molar-refractivity contribution in [2.24, 2.45) is 0 Å². The largest absolute Gasteiger partial charge is 0.444 e. The van der Waals surface area contributed by atoms with E-state index in [0.29, 0.717) is 28.8 Å². The van der Waals surface area contributed by atoms with Gasteiger partial charge < -0.3 is 20.3 Å². The van der Waals surface area contributed by atoms with Crippen molar-refractivity contribution in [1.82, 2.24) is 10.2 Å². The van der Waals surface area contributed by atoms with Crippen LogP contribution < -0.4 is 10.6 Å². The fourth-order valence-electron chi connectivity index (χ4n) is 1.77. The minimum atomic E-state index is -0.557. The van der Waals surface area contributed by atoms with Gasteiger partial charge in [0.2, 0.25) is 0 Å². The van der Waals surface area contributed by atoms with E-state index in [4.69, 9.17) is 27.9 Å². The second-order valence-electron chi connectivity index (χ2n) is 6.07. The first-order valence-electron chi connectivity index (χ1n) is 7.60. The number of rotatable bonds is 5. The van der Waals surface area contributed by atoms with E-state index in [-0.39, 0.29) is 6.54 Å². The maximum atomic E-state index is 12.0. The number of hydrogen-bond acceptors (Lipinski definition) is 3. The van der Waals surface area contributed by atoms with Gasteiger partial charge in [-0.15, -0.1) is 0 Å². The van der Waals surface area contributed by atoms with E-state index in [2.05, 4.69) is 10.6 Å². The lowest BCUT2D eigenvalue weighted by Crippen LogP contribution is -2.42. The predicted molar refractivity (Wildman–Crippen MR) is 97.0 cm³/mol. The Balaban J connectivity index is 2.46. The molecule has 0 aromatic heterocycles. The third kappa shape index (κ3) is 7.27. The van der Waals surface area contributed by atoms with E-state index < -0.39 is 17.7 Å². The molecule has 0 unspecified atom stereocenters. The van der Waals surface area contributed by atoms with Crippen LogP contribution in [0.3, 0.4) is 0 Å². The Morgan fingerprint density at radius 3 is 2.50 bits per heavy atom. The standard InChI is InChI=1S/C16H23Cl2N3O3/c1-5-21(15(23)24-16(2,3)4)9-8-19-14(22)20-13-10-11(17)6-7-12(13)18/h6-7,10H,5,8-9H2,1-4H3,(H2,19,20,22). The quantitative estimate of drug-likeness (QED) is 0.802. The van der Waals surface area contributed by atoms with Crippen molar-refractivity contribution in [3.63, 3.8) is 0 Å². The maximum Gasteiger partial charge on any atom is 0.410 e. The van der Waals surface area contributed by atoms with Crippen molar-refractivity contribution in [1.29, 1.82) is 0 Å². The highest BCUT2D eigenvalue weighted by Crippen LogP contribution is 2.25. The molecule has 0 heterocycles. The highest BCUT2D eigenvalue weighted by atomic mass is 35.5. The lowest BCUT2D eigenvalue weighted by Gasteiger charge is -2.26. The summed E-state index contributed by atoms with van der Waals surface area (Å²) in [7, 11) is 0. The van der Waals surface area contributed by atoms with Gasteiger partial charge in [-0.25, -0.2) is 9.59 Å². The van der Waals surface area contributed by atoms with Gasteiger partial charge >= 0.3 is 12.1 Å². The van der Waals surface area contributed by atoms with Gasteiger partial charge in [0.15, 0.2) is 0 Å². The molecule has 24 heavy (non-hydrogen) atoms. The summed E-state index contributed by atoms with van der Waals surface area (Å²) < 4.78 is 5.30. The van der Waals surface area contributed by atoms with Crippen molar-refractivity contribution in [2.75, 3.05) is 25.0 Å². The zero-order valence-electron chi connectivity index (χ0n) is 14.3. The van der Waals surface area contributed by atoms with Crippen LogP contribution in [-0.2, 0) is 4.74 Å². The molecule has 8 heteroatoms. The molecule has 0 aliphatic heterocycles. The number of nitrogens with zero attached hydrogens (tertiary/aromatic N) is 1. The van der Waals surface area contributed by atoms with Crippen LogP contribution in [0.25, 0.3) is 0 Å². The van der Waals surface area contributed by atoms with E-state index in [1.165, 1.54) is 4.90 Å². The van der Waals surface area contributed by atoms with E-state index in [1.54, 1.807) is 39.0 Å². The van der Waals surface area contributed by atoms with E-state index in [1.807, 2.05) is 6.92 Å². The molecule has 0 aliphatic carbocycles. The smallest absolute Gasteiger partial charge is 0.410 e. The molecule has 0 atom stereocenters. The molecule has 0 fully saturated rings. The Morgan fingerprint density at radius 2 is 1.92 bits per heavy atom. The van der Waals surface area contributed by atoms with Gasteiger partial charge in [0.05, 0.1) is 10.7 Å². The van der Waals surface area contributed by atoms with Crippen LogP contribution in [-0.4, -0.2) is 42.3 Å². The average Bonchev–Trinajstić information content (AvgIpc) is 2.45. The lowest BCUT2D eigenvalue weighted by atomic mass is 10.2. The first-order chi connectivity index (χ1) is 11.1. The number of ether oxygens (including phenoxy) is 1. The van der Waals surface area contributed by atoms with Crippen LogP contribution in [0.5, 0.6) is 0 Å². The predicted octanol–water partition coefficient (Wildman–Crippen LogP) is 4.37. The first-order valence-corrected chi connectivity index (χ1v) is 8.36. The molecule has 2 N–H and O–H groups in total.